The van der Waals surface area contributed by atoms with E-state index in [-0.39, 0.29) is 12.6 Å². The highest BCUT2D eigenvalue weighted by molar-refractivity contribution is 5.78. The van der Waals surface area contributed by atoms with Gasteiger partial charge in [0.15, 0.2) is 0 Å². The van der Waals surface area contributed by atoms with Crippen LogP contribution < -0.4 is 5.32 Å². The summed E-state index contributed by atoms with van der Waals surface area (Å²) in [7, 11) is 0. The summed E-state index contributed by atoms with van der Waals surface area (Å²) in [6, 6.07) is -0.198. The van der Waals surface area contributed by atoms with Crippen molar-refractivity contribution in [1.82, 2.24) is 10.2 Å². The number of nitrogens with zero attached hydrogens (tertiary/aromatic N) is 1. The van der Waals surface area contributed by atoms with E-state index in [2.05, 4.69) is 18.8 Å². The molecule has 1 rings (SSSR count). The highest BCUT2D eigenvalue weighted by Crippen LogP contribution is 2.38. The van der Waals surface area contributed by atoms with Gasteiger partial charge in [0.25, 0.3) is 0 Å². The maximum atomic E-state index is 12.2. The first-order valence-electron chi connectivity index (χ1n) is 7.82. The maximum Gasteiger partial charge on any atom is 0.317 e. The molecule has 1 saturated carbocycles. The Balaban J connectivity index is 2.62. The van der Waals surface area contributed by atoms with E-state index in [0.29, 0.717) is 31.8 Å². The number of nitrogens with one attached hydrogen (secondary N) is 1. The molecule has 21 heavy (non-hydrogen) atoms. The van der Waals surface area contributed by atoms with Gasteiger partial charge in [0.2, 0.25) is 0 Å². The molecule has 0 unspecified atom stereocenters. The van der Waals surface area contributed by atoms with E-state index in [1.807, 2.05) is 6.92 Å². The molecule has 2 amide bonds. The van der Waals surface area contributed by atoms with E-state index in [0.717, 1.165) is 19.3 Å². The topological polar surface area (TPSA) is 69.6 Å². The van der Waals surface area contributed by atoms with Crippen molar-refractivity contribution in [1.29, 1.82) is 0 Å². The Kier molecular flexibility index (Phi) is 6.72. The normalized spacial score (nSPS) is 25.1. The van der Waals surface area contributed by atoms with Crippen LogP contribution >= 0.6 is 0 Å². The third-order valence-electron chi connectivity index (χ3n) is 4.39. The van der Waals surface area contributed by atoms with E-state index >= 15 is 0 Å². The molecule has 0 aromatic heterocycles. The summed E-state index contributed by atoms with van der Waals surface area (Å²) >= 11 is 0. The van der Waals surface area contributed by atoms with E-state index in [9.17, 15) is 14.7 Å². The monoisotopic (exact) mass is 296 g/mol. The predicted octanol–water partition coefficient (Wildman–Crippen LogP) is 2.88. The Hall–Kier alpha value is -1.52. The number of carboxylic acid groups (broad SMARTS) is 1. The zero-order chi connectivity index (χ0) is 15.9. The Morgan fingerprint density at radius 1 is 1.43 bits per heavy atom. The van der Waals surface area contributed by atoms with Crippen LogP contribution in [-0.4, -0.2) is 41.6 Å². The molecule has 0 heterocycles. The molecule has 1 aliphatic rings. The van der Waals surface area contributed by atoms with Crippen LogP contribution in [0, 0.1) is 11.3 Å². The summed E-state index contributed by atoms with van der Waals surface area (Å²) in [5, 5.41) is 12.4. The number of carboxylic acids is 1. The minimum Gasteiger partial charge on any atom is -0.481 e. The molecule has 1 fully saturated rings. The number of hydrogen-bond donors (Lipinski definition) is 2. The number of carbonyl (C=O) groups excluding carboxylic acids is 1. The minimum atomic E-state index is -0.797. The summed E-state index contributed by atoms with van der Waals surface area (Å²) in [4.78, 5) is 25.5. The van der Waals surface area contributed by atoms with Crippen LogP contribution in [-0.2, 0) is 4.79 Å². The van der Waals surface area contributed by atoms with Crippen LogP contribution in [0.25, 0.3) is 0 Å². The molecule has 2 N–H and O–H groups in total. The molecule has 0 aromatic rings. The number of hydrogen-bond acceptors (Lipinski definition) is 2. The lowest BCUT2D eigenvalue weighted by Crippen LogP contribution is -2.49. The maximum absolute atomic E-state index is 12.2. The van der Waals surface area contributed by atoms with Gasteiger partial charge in [0.1, 0.15) is 0 Å². The number of rotatable bonds is 7. The number of carbonyl (C=O) groups is 2. The van der Waals surface area contributed by atoms with Crippen molar-refractivity contribution < 1.29 is 14.7 Å². The van der Waals surface area contributed by atoms with Gasteiger partial charge in [-0.25, -0.2) is 4.79 Å². The van der Waals surface area contributed by atoms with Crippen LogP contribution in [0.4, 0.5) is 4.79 Å². The molecule has 0 aliphatic heterocycles. The average Bonchev–Trinajstić information content (AvgIpc) is 2.46. The fourth-order valence-electron chi connectivity index (χ4n) is 2.84. The van der Waals surface area contributed by atoms with Crippen molar-refractivity contribution in [3.8, 4) is 0 Å². The van der Waals surface area contributed by atoms with Crippen molar-refractivity contribution in [2.75, 3.05) is 19.6 Å². The van der Waals surface area contributed by atoms with Crippen molar-refractivity contribution in [3.63, 3.8) is 0 Å². The molecule has 0 saturated heterocycles. The smallest absolute Gasteiger partial charge is 0.317 e. The first-order chi connectivity index (χ1) is 9.95. The van der Waals surface area contributed by atoms with Gasteiger partial charge in [-0.1, -0.05) is 19.9 Å². The second-order valence-electron chi connectivity index (χ2n) is 6.16. The van der Waals surface area contributed by atoms with Crippen LogP contribution in [0.1, 0.15) is 46.0 Å². The largest absolute Gasteiger partial charge is 0.481 e. The second-order valence-corrected chi connectivity index (χ2v) is 6.16. The first-order valence-corrected chi connectivity index (χ1v) is 7.82. The number of amides is 2. The zero-order valence-corrected chi connectivity index (χ0v) is 13.2. The van der Waals surface area contributed by atoms with E-state index in [1.165, 1.54) is 0 Å². The number of aliphatic carboxylic acids is 1. The van der Waals surface area contributed by atoms with Gasteiger partial charge in [-0.3, -0.25) is 4.79 Å². The first kappa shape index (κ1) is 17.5. The van der Waals surface area contributed by atoms with Gasteiger partial charge in [0.05, 0.1) is 5.41 Å². The Morgan fingerprint density at radius 3 is 2.52 bits per heavy atom. The predicted molar refractivity (Wildman–Crippen MR) is 83.2 cm³/mol. The van der Waals surface area contributed by atoms with Gasteiger partial charge in [-0.15, -0.1) is 6.58 Å². The van der Waals surface area contributed by atoms with Crippen molar-refractivity contribution in [3.05, 3.63) is 12.7 Å². The van der Waals surface area contributed by atoms with Gasteiger partial charge in [-0.05, 0) is 38.0 Å². The van der Waals surface area contributed by atoms with Crippen LogP contribution in [0.5, 0.6) is 0 Å². The van der Waals surface area contributed by atoms with E-state index < -0.39 is 11.4 Å². The lowest BCUT2D eigenvalue weighted by atomic mass is 9.71. The van der Waals surface area contributed by atoms with Crippen LogP contribution in [0.15, 0.2) is 12.7 Å². The fraction of sp³-hybridized carbons (Fsp3) is 0.750. The van der Waals surface area contributed by atoms with Crippen LogP contribution in [0.3, 0.4) is 0 Å². The standard InChI is InChI=1S/C16H28N2O3/c1-4-10-18(11-5-2)15(21)17-12-16(14(19)20)8-6-13(3)7-9-16/h4,13H,1,5-12H2,2-3H3,(H,17,21)(H,19,20). The molecule has 120 valence electrons. The van der Waals surface area contributed by atoms with Gasteiger partial charge in [-0.2, -0.15) is 0 Å². The molecule has 0 spiro atoms. The molecule has 1 aliphatic carbocycles. The molecule has 0 atom stereocenters. The van der Waals surface area contributed by atoms with Crippen LogP contribution in [0.2, 0.25) is 0 Å². The second kappa shape index (κ2) is 8.05. The summed E-state index contributed by atoms with van der Waals surface area (Å²) < 4.78 is 0. The lowest BCUT2D eigenvalue weighted by Gasteiger charge is -2.36. The van der Waals surface area contributed by atoms with Crippen molar-refractivity contribution >= 4 is 12.0 Å². The Bertz CT molecular complexity index is 374. The molecule has 0 aromatic carbocycles. The molecule has 0 radical (unpaired) electrons. The number of urea groups is 1. The Labute approximate surface area is 127 Å². The highest BCUT2D eigenvalue weighted by Gasteiger charge is 2.41. The fourth-order valence-corrected chi connectivity index (χ4v) is 2.84. The van der Waals surface area contributed by atoms with Gasteiger partial charge >= 0.3 is 12.0 Å². The molecular formula is C16H28N2O3. The quantitative estimate of drug-likeness (QED) is 0.710. The average molecular weight is 296 g/mol. The van der Waals surface area contributed by atoms with Gasteiger partial charge in [0, 0.05) is 19.6 Å². The van der Waals surface area contributed by atoms with E-state index in [4.69, 9.17) is 0 Å². The van der Waals surface area contributed by atoms with Crippen molar-refractivity contribution in [2.24, 2.45) is 11.3 Å². The van der Waals surface area contributed by atoms with Crippen molar-refractivity contribution in [2.45, 2.75) is 46.0 Å². The molecular weight excluding hydrogens is 268 g/mol. The molecule has 5 nitrogen and oxygen atoms in total. The van der Waals surface area contributed by atoms with Gasteiger partial charge < -0.3 is 15.3 Å². The Morgan fingerprint density at radius 2 is 2.05 bits per heavy atom. The summed E-state index contributed by atoms with van der Waals surface area (Å²) in [6.07, 6.45) is 5.65. The third kappa shape index (κ3) is 4.76. The summed E-state index contributed by atoms with van der Waals surface area (Å²) in [6.45, 7) is 9.15. The third-order valence-corrected chi connectivity index (χ3v) is 4.39. The van der Waals surface area contributed by atoms with E-state index in [1.54, 1.807) is 11.0 Å². The summed E-state index contributed by atoms with van der Waals surface area (Å²) in [5.74, 6) is -0.217. The summed E-state index contributed by atoms with van der Waals surface area (Å²) in [5.41, 5.74) is -0.797. The highest BCUT2D eigenvalue weighted by atomic mass is 16.4. The molecule has 5 heteroatoms. The SMILES string of the molecule is C=CCN(CCC)C(=O)NCC1(C(=O)O)CCC(C)CC1. The zero-order valence-electron chi connectivity index (χ0n) is 13.2. The molecule has 0 bridgehead atoms. The minimum absolute atomic E-state index is 0.198. The lowest BCUT2D eigenvalue weighted by molar-refractivity contribution is -0.151.